The number of thiocarbonyl (C=S) groups is 1. The quantitative estimate of drug-likeness (QED) is 0.215. The second kappa shape index (κ2) is 12.7. The molecule has 1 saturated heterocycles. The van der Waals surface area contributed by atoms with Crippen molar-refractivity contribution >= 4 is 40.2 Å². The van der Waals surface area contributed by atoms with Gasteiger partial charge in [-0.2, -0.15) is 0 Å². The summed E-state index contributed by atoms with van der Waals surface area (Å²) in [4.78, 5) is 23.5. The molecule has 3 N–H and O–H groups in total. The minimum atomic E-state index is -1.19. The zero-order valence-electron chi connectivity index (χ0n) is 21.5. The molecule has 0 spiro atoms. The predicted octanol–water partition coefficient (Wildman–Crippen LogP) is 5.22. The number of carboxylic acid groups (broad SMARTS) is 1. The highest BCUT2D eigenvalue weighted by molar-refractivity contribution is 7.80. The number of fused-ring (bicyclic) bond motifs is 1. The van der Waals surface area contributed by atoms with Crippen molar-refractivity contribution in [3.05, 3.63) is 59.8 Å². The summed E-state index contributed by atoms with van der Waals surface area (Å²) in [5.74, 6) is 2.10. The van der Waals surface area contributed by atoms with Gasteiger partial charge in [-0.15, -0.1) is 0 Å². The highest BCUT2D eigenvalue weighted by Gasteiger charge is 2.25. The van der Waals surface area contributed by atoms with Crippen molar-refractivity contribution in [2.75, 3.05) is 25.0 Å². The van der Waals surface area contributed by atoms with Gasteiger partial charge in [0.15, 0.2) is 5.11 Å². The largest absolute Gasteiger partial charge is 0.472 e. The van der Waals surface area contributed by atoms with Crippen molar-refractivity contribution in [3.8, 4) is 12.0 Å². The van der Waals surface area contributed by atoms with E-state index in [0.717, 1.165) is 49.8 Å². The zero-order valence-corrected chi connectivity index (χ0v) is 22.4. The fourth-order valence-electron chi connectivity index (χ4n) is 4.90. The Bertz CT molecular complexity index is 1270. The van der Waals surface area contributed by atoms with E-state index in [1.54, 1.807) is 4.90 Å². The van der Waals surface area contributed by atoms with Gasteiger partial charge in [0.05, 0.1) is 11.0 Å². The minimum Gasteiger partial charge on any atom is -0.472 e. The number of aromatic amines is 1. The molecule has 4 rings (SSSR count). The van der Waals surface area contributed by atoms with Gasteiger partial charge in [-0.1, -0.05) is 37.3 Å². The molecule has 1 unspecified atom stereocenters. The first kappa shape index (κ1) is 26.6. The van der Waals surface area contributed by atoms with Crippen molar-refractivity contribution in [1.29, 1.82) is 0 Å². The van der Waals surface area contributed by atoms with E-state index in [4.69, 9.17) is 22.3 Å². The summed E-state index contributed by atoms with van der Waals surface area (Å²) in [5.41, 5.74) is 4.43. The monoisotopic (exact) mass is 517 g/mol. The SMILES string of the molecule is CCC(C)N1CCC(c2c[nH]c3ccc(NC(=S)N(C#CC(=O)O)CCCc4ccccc4)nc23)CC1. The maximum Gasteiger partial charge on any atom is 0.383 e. The molecule has 1 aliphatic heterocycles. The molecule has 0 amide bonds. The third kappa shape index (κ3) is 7.09. The summed E-state index contributed by atoms with van der Waals surface area (Å²) >= 11 is 5.61. The minimum absolute atomic E-state index is 0.340. The molecule has 0 saturated carbocycles. The molecule has 0 aliphatic carbocycles. The van der Waals surface area contributed by atoms with Gasteiger partial charge in [0.1, 0.15) is 5.82 Å². The molecule has 8 heteroatoms. The van der Waals surface area contributed by atoms with E-state index in [-0.39, 0.29) is 0 Å². The molecular weight excluding hydrogens is 482 g/mol. The summed E-state index contributed by atoms with van der Waals surface area (Å²) in [6.45, 7) is 7.27. The third-order valence-corrected chi connectivity index (χ3v) is 7.53. The van der Waals surface area contributed by atoms with Gasteiger partial charge in [-0.25, -0.2) is 9.78 Å². The lowest BCUT2D eigenvalue weighted by atomic mass is 9.89. The lowest BCUT2D eigenvalue weighted by molar-refractivity contribution is -0.130. The number of aromatic nitrogens is 2. The molecule has 1 aromatic carbocycles. The molecule has 1 atom stereocenters. The molecule has 0 radical (unpaired) electrons. The van der Waals surface area contributed by atoms with Crippen LogP contribution < -0.4 is 5.32 Å². The van der Waals surface area contributed by atoms with Crippen molar-refractivity contribution in [1.82, 2.24) is 19.8 Å². The number of aliphatic carboxylic acids is 1. The number of hydrogen-bond acceptors (Lipinski definition) is 4. The van der Waals surface area contributed by atoms with Crippen molar-refractivity contribution in [2.24, 2.45) is 0 Å². The van der Waals surface area contributed by atoms with Crippen LogP contribution in [0, 0.1) is 12.0 Å². The first-order valence-electron chi connectivity index (χ1n) is 13.0. The second-order valence-electron chi connectivity index (χ2n) is 9.62. The molecule has 7 nitrogen and oxygen atoms in total. The Morgan fingerprint density at radius 1 is 1.27 bits per heavy atom. The van der Waals surface area contributed by atoms with Crippen LogP contribution in [-0.2, 0) is 11.2 Å². The number of piperidine rings is 1. The van der Waals surface area contributed by atoms with Crippen LogP contribution in [0.15, 0.2) is 48.7 Å². The van der Waals surface area contributed by atoms with Gasteiger partial charge in [0, 0.05) is 30.7 Å². The zero-order chi connectivity index (χ0) is 26.2. The molecule has 37 heavy (non-hydrogen) atoms. The van der Waals surface area contributed by atoms with Crippen LogP contribution in [0.3, 0.4) is 0 Å². The average molecular weight is 518 g/mol. The van der Waals surface area contributed by atoms with Crippen LogP contribution in [0.5, 0.6) is 0 Å². The van der Waals surface area contributed by atoms with Gasteiger partial charge in [-0.3, -0.25) is 4.90 Å². The third-order valence-electron chi connectivity index (χ3n) is 7.20. The number of carboxylic acids is 1. The molecule has 194 valence electrons. The van der Waals surface area contributed by atoms with Gasteiger partial charge in [0.25, 0.3) is 0 Å². The van der Waals surface area contributed by atoms with E-state index in [0.29, 0.717) is 29.4 Å². The highest BCUT2D eigenvalue weighted by atomic mass is 32.1. The smallest absolute Gasteiger partial charge is 0.383 e. The molecular formula is C29H35N5O2S. The Labute approximate surface area is 224 Å². The van der Waals surface area contributed by atoms with E-state index in [9.17, 15) is 4.79 Å². The number of pyridine rings is 1. The highest BCUT2D eigenvalue weighted by Crippen LogP contribution is 2.33. The first-order valence-corrected chi connectivity index (χ1v) is 13.4. The summed E-state index contributed by atoms with van der Waals surface area (Å²) in [6.07, 6.45) is 7.14. The van der Waals surface area contributed by atoms with Crippen LogP contribution in [-0.4, -0.2) is 61.6 Å². The van der Waals surface area contributed by atoms with E-state index >= 15 is 0 Å². The normalized spacial score (nSPS) is 15.1. The number of benzene rings is 1. The molecule has 1 fully saturated rings. The summed E-state index contributed by atoms with van der Waals surface area (Å²) < 4.78 is 0. The van der Waals surface area contributed by atoms with E-state index in [1.165, 1.54) is 17.5 Å². The van der Waals surface area contributed by atoms with Crippen LogP contribution >= 0.6 is 12.2 Å². The van der Waals surface area contributed by atoms with Crippen molar-refractivity contribution < 1.29 is 9.90 Å². The van der Waals surface area contributed by atoms with E-state index < -0.39 is 5.97 Å². The number of nitrogens with zero attached hydrogens (tertiary/aromatic N) is 3. The number of aryl methyl sites for hydroxylation is 1. The Morgan fingerprint density at radius 3 is 2.73 bits per heavy atom. The summed E-state index contributed by atoms with van der Waals surface area (Å²) in [7, 11) is 0. The fraction of sp³-hybridized carbons (Fsp3) is 0.414. The van der Waals surface area contributed by atoms with E-state index in [1.807, 2.05) is 30.3 Å². The molecule has 0 bridgehead atoms. The number of rotatable bonds is 8. The van der Waals surface area contributed by atoms with E-state index in [2.05, 4.69) is 59.3 Å². The van der Waals surface area contributed by atoms with Gasteiger partial charge in [-0.05, 0) is 93.5 Å². The maximum absolute atomic E-state index is 11.1. The van der Waals surface area contributed by atoms with Crippen molar-refractivity contribution in [2.45, 2.75) is 57.9 Å². The molecule has 3 heterocycles. The topological polar surface area (TPSA) is 84.5 Å². The number of hydrogen-bond donors (Lipinski definition) is 3. The lowest BCUT2D eigenvalue weighted by Crippen LogP contribution is -2.39. The predicted molar refractivity (Wildman–Crippen MR) is 152 cm³/mol. The van der Waals surface area contributed by atoms with Gasteiger partial charge in [0.2, 0.25) is 0 Å². The Hall–Kier alpha value is -3.41. The standard InChI is InChI=1S/C29H35N5O2S/c1-3-21(2)33-17-13-23(14-18-33)24-20-30-25-11-12-26(31-28(24)25)32-29(37)34(19-15-27(35)36)16-7-10-22-8-5-4-6-9-22/h4-6,8-9,11-12,20-21,23,30H,3,7,10,13-14,16-18H2,1-2H3,(H,35,36)(H,31,32,37). The van der Waals surface area contributed by atoms with Crippen molar-refractivity contribution in [3.63, 3.8) is 0 Å². The number of likely N-dealkylation sites (tertiary alicyclic amines) is 1. The Kier molecular flexibility index (Phi) is 9.15. The fourth-order valence-corrected chi connectivity index (χ4v) is 5.14. The molecule has 2 aromatic heterocycles. The molecule has 3 aromatic rings. The average Bonchev–Trinajstić information content (AvgIpc) is 3.34. The Morgan fingerprint density at radius 2 is 2.03 bits per heavy atom. The summed E-state index contributed by atoms with van der Waals surface area (Å²) in [5, 5.41) is 12.6. The second-order valence-corrected chi connectivity index (χ2v) is 10.0. The van der Waals surface area contributed by atoms with Gasteiger partial charge >= 0.3 is 5.97 Å². The number of carbonyl (C=O) groups is 1. The summed E-state index contributed by atoms with van der Waals surface area (Å²) in [6, 6.07) is 17.4. The van der Waals surface area contributed by atoms with Crippen LogP contribution in [0.25, 0.3) is 11.0 Å². The van der Waals surface area contributed by atoms with Crippen LogP contribution in [0.1, 0.15) is 56.6 Å². The first-order chi connectivity index (χ1) is 17.9. The van der Waals surface area contributed by atoms with Gasteiger partial charge < -0.3 is 20.3 Å². The number of anilines is 1. The Balaban J connectivity index is 1.44. The van der Waals surface area contributed by atoms with Crippen LogP contribution in [0.4, 0.5) is 5.82 Å². The lowest BCUT2D eigenvalue weighted by Gasteiger charge is -2.35. The number of nitrogens with one attached hydrogen (secondary N) is 2. The maximum atomic E-state index is 11.1. The van der Waals surface area contributed by atoms with Crippen LogP contribution in [0.2, 0.25) is 0 Å². The molecule has 1 aliphatic rings. The number of H-pyrrole nitrogens is 1.